The van der Waals surface area contributed by atoms with Crippen molar-refractivity contribution >= 4 is 17.3 Å². The Morgan fingerprint density at radius 1 is 1.50 bits per heavy atom. The van der Waals surface area contributed by atoms with E-state index in [4.69, 9.17) is 15.2 Å². The van der Waals surface area contributed by atoms with E-state index in [0.29, 0.717) is 23.7 Å². The summed E-state index contributed by atoms with van der Waals surface area (Å²) in [4.78, 5) is 12.0. The molecule has 1 aliphatic heterocycles. The van der Waals surface area contributed by atoms with E-state index in [9.17, 15) is 4.79 Å². The second-order valence-corrected chi connectivity index (χ2v) is 4.30. The summed E-state index contributed by atoms with van der Waals surface area (Å²) in [6, 6.07) is 5.16. The number of anilines is 2. The van der Waals surface area contributed by atoms with Crippen LogP contribution in [0.25, 0.3) is 0 Å². The van der Waals surface area contributed by atoms with Gasteiger partial charge in [-0.1, -0.05) is 0 Å². The third kappa shape index (κ3) is 2.92. The molecule has 0 aliphatic carbocycles. The molecule has 3 N–H and O–H groups in total. The first-order valence-corrected chi connectivity index (χ1v) is 6.06. The smallest absolute Gasteiger partial charge is 0.253 e. The van der Waals surface area contributed by atoms with Crippen LogP contribution < -0.4 is 15.8 Å². The largest absolute Gasteiger partial charge is 0.497 e. The fraction of sp³-hybridized carbons (Fsp3) is 0.462. The Hall–Kier alpha value is -1.75. The fourth-order valence-corrected chi connectivity index (χ4v) is 1.93. The summed E-state index contributed by atoms with van der Waals surface area (Å²) in [5.41, 5.74) is 6.89. The lowest BCUT2D eigenvalue weighted by Crippen LogP contribution is -2.33. The predicted molar refractivity (Wildman–Crippen MR) is 69.6 cm³/mol. The van der Waals surface area contributed by atoms with Gasteiger partial charge in [-0.2, -0.15) is 0 Å². The highest BCUT2D eigenvalue weighted by Crippen LogP contribution is 2.25. The molecular weight excluding hydrogens is 232 g/mol. The minimum atomic E-state index is -0.371. The number of nitrogen functional groups attached to an aromatic ring is 1. The molecule has 1 atom stereocenters. The zero-order valence-electron chi connectivity index (χ0n) is 10.4. The normalized spacial score (nSPS) is 19.3. The van der Waals surface area contributed by atoms with Crippen LogP contribution in [0.4, 0.5) is 11.4 Å². The van der Waals surface area contributed by atoms with Crippen LogP contribution in [0.15, 0.2) is 18.2 Å². The number of nitrogens with one attached hydrogen (secondary N) is 1. The van der Waals surface area contributed by atoms with Crippen molar-refractivity contribution in [3.8, 4) is 5.75 Å². The zero-order chi connectivity index (χ0) is 13.0. The molecule has 2 rings (SSSR count). The number of methoxy groups -OCH3 is 1. The van der Waals surface area contributed by atoms with Crippen molar-refractivity contribution < 1.29 is 14.3 Å². The van der Waals surface area contributed by atoms with Crippen molar-refractivity contribution in [2.45, 2.75) is 25.4 Å². The highest BCUT2D eigenvalue weighted by atomic mass is 16.5. The number of hydrogen-bond donors (Lipinski definition) is 2. The van der Waals surface area contributed by atoms with E-state index in [1.165, 1.54) is 0 Å². The van der Waals surface area contributed by atoms with E-state index in [1.54, 1.807) is 25.3 Å². The van der Waals surface area contributed by atoms with Crippen molar-refractivity contribution in [3.63, 3.8) is 0 Å². The van der Waals surface area contributed by atoms with Gasteiger partial charge in [-0.3, -0.25) is 4.79 Å². The molecule has 1 fully saturated rings. The van der Waals surface area contributed by atoms with Gasteiger partial charge in [0.05, 0.1) is 18.5 Å². The highest BCUT2D eigenvalue weighted by Gasteiger charge is 2.22. The highest BCUT2D eigenvalue weighted by molar-refractivity contribution is 5.97. The van der Waals surface area contributed by atoms with E-state index in [1.807, 2.05) is 0 Å². The lowest BCUT2D eigenvalue weighted by atomic mass is 10.1. The molecule has 0 saturated carbocycles. The van der Waals surface area contributed by atoms with E-state index in [2.05, 4.69) is 5.32 Å². The summed E-state index contributed by atoms with van der Waals surface area (Å²) in [5.74, 6) is 0.513. The average Bonchev–Trinajstić information content (AvgIpc) is 2.42. The molecular formula is C13H18N2O3. The predicted octanol–water partition coefficient (Wildman–Crippen LogP) is 1.78. The topological polar surface area (TPSA) is 73.6 Å². The van der Waals surface area contributed by atoms with Gasteiger partial charge in [0.15, 0.2) is 0 Å². The Balaban J connectivity index is 2.05. The van der Waals surface area contributed by atoms with Crippen LogP contribution in [0.5, 0.6) is 5.75 Å². The maximum atomic E-state index is 12.0. The molecule has 5 heteroatoms. The second kappa shape index (κ2) is 5.73. The minimum Gasteiger partial charge on any atom is -0.497 e. The van der Waals surface area contributed by atoms with Gasteiger partial charge in [-0.15, -0.1) is 0 Å². The van der Waals surface area contributed by atoms with Gasteiger partial charge >= 0.3 is 0 Å². The molecule has 1 heterocycles. The van der Waals surface area contributed by atoms with Gasteiger partial charge in [0.1, 0.15) is 11.9 Å². The van der Waals surface area contributed by atoms with Crippen LogP contribution in [0, 0.1) is 0 Å². The third-order valence-corrected chi connectivity index (χ3v) is 2.99. The van der Waals surface area contributed by atoms with E-state index in [-0.39, 0.29) is 12.0 Å². The Labute approximate surface area is 106 Å². The molecule has 1 aliphatic rings. The molecule has 98 valence electrons. The average molecular weight is 250 g/mol. The lowest BCUT2D eigenvalue weighted by molar-refractivity contribution is -0.129. The summed E-state index contributed by atoms with van der Waals surface area (Å²) >= 11 is 0. The SMILES string of the molecule is COc1ccc(N)c(NC(=O)C2CCCCO2)c1. The van der Waals surface area contributed by atoms with Crippen molar-refractivity contribution in [1.82, 2.24) is 0 Å². The Morgan fingerprint density at radius 3 is 3.00 bits per heavy atom. The first-order chi connectivity index (χ1) is 8.70. The van der Waals surface area contributed by atoms with Crippen LogP contribution in [0.2, 0.25) is 0 Å². The summed E-state index contributed by atoms with van der Waals surface area (Å²) < 4.78 is 10.5. The molecule has 5 nitrogen and oxygen atoms in total. The Morgan fingerprint density at radius 2 is 2.33 bits per heavy atom. The standard InChI is InChI=1S/C13H18N2O3/c1-17-9-5-6-10(14)11(8-9)15-13(16)12-4-2-3-7-18-12/h5-6,8,12H,2-4,7,14H2,1H3,(H,15,16). The van der Waals surface area contributed by atoms with Crippen LogP contribution in [0.1, 0.15) is 19.3 Å². The quantitative estimate of drug-likeness (QED) is 0.802. The second-order valence-electron chi connectivity index (χ2n) is 4.30. The fourth-order valence-electron chi connectivity index (χ4n) is 1.93. The molecule has 18 heavy (non-hydrogen) atoms. The molecule has 0 radical (unpaired) electrons. The minimum absolute atomic E-state index is 0.144. The molecule has 0 spiro atoms. The third-order valence-electron chi connectivity index (χ3n) is 2.99. The molecule has 1 aromatic rings. The maximum absolute atomic E-state index is 12.0. The van der Waals surface area contributed by atoms with Gasteiger partial charge in [0, 0.05) is 12.7 Å². The molecule has 1 unspecified atom stereocenters. The Bertz CT molecular complexity index is 428. The molecule has 0 aromatic heterocycles. The number of hydrogen-bond acceptors (Lipinski definition) is 4. The molecule has 1 amide bonds. The number of amides is 1. The monoisotopic (exact) mass is 250 g/mol. The summed E-state index contributed by atoms with van der Waals surface area (Å²) in [6.45, 7) is 0.645. The van der Waals surface area contributed by atoms with E-state index in [0.717, 1.165) is 19.3 Å². The van der Waals surface area contributed by atoms with Crippen molar-refractivity contribution in [2.75, 3.05) is 24.8 Å². The van der Waals surface area contributed by atoms with Crippen molar-refractivity contribution in [3.05, 3.63) is 18.2 Å². The molecule has 1 aromatic carbocycles. The van der Waals surface area contributed by atoms with Crippen LogP contribution in [-0.2, 0) is 9.53 Å². The van der Waals surface area contributed by atoms with Crippen LogP contribution in [0.3, 0.4) is 0 Å². The number of nitrogens with two attached hydrogens (primary N) is 1. The van der Waals surface area contributed by atoms with E-state index >= 15 is 0 Å². The number of benzene rings is 1. The summed E-state index contributed by atoms with van der Waals surface area (Å²) in [6.07, 6.45) is 2.43. The van der Waals surface area contributed by atoms with Gasteiger partial charge in [0.2, 0.25) is 0 Å². The molecule has 0 bridgehead atoms. The van der Waals surface area contributed by atoms with Crippen LogP contribution in [-0.4, -0.2) is 25.7 Å². The summed E-state index contributed by atoms with van der Waals surface area (Å²) in [7, 11) is 1.57. The number of carbonyl (C=O) groups excluding carboxylic acids is 1. The number of carbonyl (C=O) groups is 1. The van der Waals surface area contributed by atoms with Gasteiger partial charge in [-0.05, 0) is 31.4 Å². The summed E-state index contributed by atoms with van der Waals surface area (Å²) in [5, 5.41) is 2.79. The van der Waals surface area contributed by atoms with Crippen molar-refractivity contribution in [1.29, 1.82) is 0 Å². The van der Waals surface area contributed by atoms with E-state index < -0.39 is 0 Å². The maximum Gasteiger partial charge on any atom is 0.253 e. The van der Waals surface area contributed by atoms with Gasteiger partial charge in [0.25, 0.3) is 5.91 Å². The first kappa shape index (κ1) is 12.7. The number of rotatable bonds is 3. The lowest BCUT2D eigenvalue weighted by Gasteiger charge is -2.22. The van der Waals surface area contributed by atoms with Crippen molar-refractivity contribution in [2.24, 2.45) is 0 Å². The Kier molecular flexibility index (Phi) is 4.04. The van der Waals surface area contributed by atoms with Crippen LogP contribution >= 0.6 is 0 Å². The van der Waals surface area contributed by atoms with Gasteiger partial charge < -0.3 is 20.5 Å². The first-order valence-electron chi connectivity index (χ1n) is 6.06. The zero-order valence-corrected chi connectivity index (χ0v) is 10.4. The van der Waals surface area contributed by atoms with Gasteiger partial charge in [-0.25, -0.2) is 0 Å². The number of ether oxygens (including phenoxy) is 2. The molecule has 1 saturated heterocycles.